The van der Waals surface area contributed by atoms with Crippen LogP contribution in [0.2, 0.25) is 0 Å². The Bertz CT molecular complexity index is 673. The number of nitro groups is 1. The van der Waals surface area contributed by atoms with Crippen LogP contribution in [0.15, 0.2) is 23.1 Å². The quantitative estimate of drug-likeness (QED) is 0.480. The number of rotatable bonds is 8. The number of nitrogens with zero attached hydrogens (tertiary/aromatic N) is 1. The number of aliphatic carboxylic acids is 1. The smallest absolute Gasteiger partial charge is 0.326 e. The van der Waals surface area contributed by atoms with E-state index >= 15 is 0 Å². The summed E-state index contributed by atoms with van der Waals surface area (Å²) in [7, 11) is -2.64. The average Bonchev–Trinajstić information content (AvgIpc) is 2.46. The number of sulfonamides is 1. The summed E-state index contributed by atoms with van der Waals surface area (Å²) in [4.78, 5) is 21.2. The summed E-state index contributed by atoms with van der Waals surface area (Å²) in [6.45, 7) is 1.79. The van der Waals surface area contributed by atoms with Crippen LogP contribution >= 0.6 is 0 Å². The molecule has 0 aliphatic heterocycles. The van der Waals surface area contributed by atoms with E-state index in [9.17, 15) is 23.3 Å². The molecule has 0 aromatic heterocycles. The Morgan fingerprint density at radius 2 is 2.09 bits per heavy atom. The molecule has 0 saturated carbocycles. The first-order valence-electron chi connectivity index (χ1n) is 6.44. The van der Waals surface area contributed by atoms with Crippen molar-refractivity contribution in [1.29, 1.82) is 0 Å². The predicted molar refractivity (Wildman–Crippen MR) is 79.3 cm³/mol. The molecule has 1 unspecified atom stereocenters. The van der Waals surface area contributed by atoms with Gasteiger partial charge in [0.05, 0.1) is 9.82 Å². The lowest BCUT2D eigenvalue weighted by molar-refractivity contribution is -0.384. The Hall–Kier alpha value is -2.20. The highest BCUT2D eigenvalue weighted by Crippen LogP contribution is 2.28. The molecule has 0 amide bonds. The van der Waals surface area contributed by atoms with Crippen LogP contribution in [0, 0.1) is 10.1 Å². The standard InChI is InChI=1S/C12H17N3O6S/c1-3-4-10(12(16)17)14-9-6-5-8(22(20,21)13-2)7-11(9)15(18)19/h5-7,10,13-14H,3-4H2,1-2H3,(H,16,17). The van der Waals surface area contributed by atoms with Gasteiger partial charge in [0.25, 0.3) is 5.69 Å². The summed E-state index contributed by atoms with van der Waals surface area (Å²) in [5, 5.41) is 22.7. The van der Waals surface area contributed by atoms with E-state index < -0.39 is 32.6 Å². The highest BCUT2D eigenvalue weighted by atomic mass is 32.2. The Balaban J connectivity index is 3.26. The first-order chi connectivity index (χ1) is 10.2. The first kappa shape index (κ1) is 17.9. The highest BCUT2D eigenvalue weighted by molar-refractivity contribution is 7.89. The van der Waals surface area contributed by atoms with E-state index in [4.69, 9.17) is 5.11 Å². The van der Waals surface area contributed by atoms with Crippen LogP contribution < -0.4 is 10.0 Å². The van der Waals surface area contributed by atoms with Crippen LogP contribution in [0.25, 0.3) is 0 Å². The lowest BCUT2D eigenvalue weighted by Crippen LogP contribution is -2.29. The number of hydrogen-bond donors (Lipinski definition) is 3. The van der Waals surface area contributed by atoms with Crippen molar-refractivity contribution in [1.82, 2.24) is 4.72 Å². The topological polar surface area (TPSA) is 139 Å². The Morgan fingerprint density at radius 3 is 2.55 bits per heavy atom. The molecule has 0 aliphatic carbocycles. The SMILES string of the molecule is CCCC(Nc1ccc(S(=O)(=O)NC)cc1[N+](=O)[O-])C(=O)O. The van der Waals surface area contributed by atoms with Gasteiger partial charge in [-0.1, -0.05) is 13.3 Å². The van der Waals surface area contributed by atoms with Gasteiger partial charge in [-0.3, -0.25) is 10.1 Å². The first-order valence-corrected chi connectivity index (χ1v) is 7.92. The summed E-state index contributed by atoms with van der Waals surface area (Å²) in [5.41, 5.74) is -0.542. The molecule has 0 fully saturated rings. The molecule has 1 aromatic rings. The zero-order chi connectivity index (χ0) is 16.9. The van der Waals surface area contributed by atoms with Crippen molar-refractivity contribution in [2.24, 2.45) is 0 Å². The van der Waals surface area contributed by atoms with Crippen LogP contribution in [-0.2, 0) is 14.8 Å². The maximum atomic E-state index is 11.7. The van der Waals surface area contributed by atoms with Crippen molar-refractivity contribution in [2.75, 3.05) is 12.4 Å². The van der Waals surface area contributed by atoms with Crippen LogP contribution in [0.4, 0.5) is 11.4 Å². The molecule has 1 aromatic carbocycles. The van der Waals surface area contributed by atoms with E-state index in [2.05, 4.69) is 10.0 Å². The fourth-order valence-corrected chi connectivity index (χ4v) is 2.55. The average molecular weight is 331 g/mol. The van der Waals surface area contributed by atoms with Crippen LogP contribution in [-0.4, -0.2) is 37.5 Å². The number of nitrogens with one attached hydrogen (secondary N) is 2. The monoisotopic (exact) mass is 331 g/mol. The van der Waals surface area contributed by atoms with Gasteiger partial charge in [0.1, 0.15) is 11.7 Å². The van der Waals surface area contributed by atoms with Gasteiger partial charge in [0.15, 0.2) is 0 Å². The van der Waals surface area contributed by atoms with Crippen molar-refractivity contribution in [2.45, 2.75) is 30.7 Å². The van der Waals surface area contributed by atoms with E-state index in [1.165, 1.54) is 19.2 Å². The van der Waals surface area contributed by atoms with E-state index in [1.807, 2.05) is 0 Å². The van der Waals surface area contributed by atoms with Gasteiger partial charge in [-0.05, 0) is 25.6 Å². The lowest BCUT2D eigenvalue weighted by Gasteiger charge is -2.15. The number of nitro benzene ring substituents is 1. The van der Waals surface area contributed by atoms with Crippen molar-refractivity contribution in [3.05, 3.63) is 28.3 Å². The maximum Gasteiger partial charge on any atom is 0.326 e. The largest absolute Gasteiger partial charge is 0.480 e. The van der Waals surface area contributed by atoms with Crippen LogP contribution in [0.1, 0.15) is 19.8 Å². The number of carboxylic acid groups (broad SMARTS) is 1. The summed E-state index contributed by atoms with van der Waals surface area (Å²) >= 11 is 0. The molecule has 0 spiro atoms. The molecule has 1 atom stereocenters. The van der Waals surface area contributed by atoms with E-state index in [0.29, 0.717) is 6.42 Å². The second-order valence-electron chi connectivity index (χ2n) is 4.47. The van der Waals surface area contributed by atoms with Gasteiger partial charge >= 0.3 is 5.97 Å². The third kappa shape index (κ3) is 4.15. The maximum absolute atomic E-state index is 11.7. The Morgan fingerprint density at radius 1 is 1.45 bits per heavy atom. The van der Waals surface area contributed by atoms with E-state index in [0.717, 1.165) is 6.07 Å². The van der Waals surface area contributed by atoms with Gasteiger partial charge in [-0.15, -0.1) is 0 Å². The molecule has 0 saturated heterocycles. The Labute approximate surface area is 127 Å². The predicted octanol–water partition coefficient (Wildman–Crippen LogP) is 1.17. The van der Waals surface area contributed by atoms with Crippen molar-refractivity contribution < 1.29 is 23.2 Å². The number of carbonyl (C=O) groups is 1. The summed E-state index contributed by atoms with van der Waals surface area (Å²) in [6.07, 6.45) is 0.854. The molecule has 0 heterocycles. The molecule has 122 valence electrons. The van der Waals surface area contributed by atoms with E-state index in [-0.39, 0.29) is 17.0 Å². The van der Waals surface area contributed by atoms with Crippen molar-refractivity contribution in [3.8, 4) is 0 Å². The zero-order valence-electron chi connectivity index (χ0n) is 12.1. The fourth-order valence-electron chi connectivity index (χ4n) is 1.80. The van der Waals surface area contributed by atoms with Crippen LogP contribution in [0.5, 0.6) is 0 Å². The molecule has 0 bridgehead atoms. The van der Waals surface area contributed by atoms with Crippen molar-refractivity contribution in [3.63, 3.8) is 0 Å². The molecule has 22 heavy (non-hydrogen) atoms. The fraction of sp³-hybridized carbons (Fsp3) is 0.417. The molecular formula is C12H17N3O6S. The molecule has 0 aliphatic rings. The molecule has 3 N–H and O–H groups in total. The number of anilines is 1. The van der Waals surface area contributed by atoms with Crippen LogP contribution in [0.3, 0.4) is 0 Å². The third-order valence-corrected chi connectivity index (χ3v) is 4.36. The zero-order valence-corrected chi connectivity index (χ0v) is 12.9. The molecule has 0 radical (unpaired) electrons. The number of benzene rings is 1. The minimum Gasteiger partial charge on any atom is -0.480 e. The van der Waals surface area contributed by atoms with Gasteiger partial charge in [0.2, 0.25) is 10.0 Å². The number of carboxylic acids is 1. The number of hydrogen-bond acceptors (Lipinski definition) is 6. The summed E-state index contributed by atoms with van der Waals surface area (Å²) < 4.78 is 25.4. The lowest BCUT2D eigenvalue weighted by atomic mass is 10.1. The van der Waals surface area contributed by atoms with E-state index in [1.54, 1.807) is 6.92 Å². The molecule has 9 nitrogen and oxygen atoms in total. The highest BCUT2D eigenvalue weighted by Gasteiger charge is 2.24. The molecule has 10 heteroatoms. The van der Waals surface area contributed by atoms with Gasteiger partial charge < -0.3 is 10.4 Å². The van der Waals surface area contributed by atoms with Gasteiger partial charge in [-0.2, -0.15) is 0 Å². The van der Waals surface area contributed by atoms with Gasteiger partial charge in [0, 0.05) is 6.07 Å². The Kier molecular flexibility index (Phi) is 5.83. The molecular weight excluding hydrogens is 314 g/mol. The minimum atomic E-state index is -3.82. The summed E-state index contributed by atoms with van der Waals surface area (Å²) in [6, 6.07) is 2.26. The summed E-state index contributed by atoms with van der Waals surface area (Å²) in [5.74, 6) is -1.14. The second-order valence-corrected chi connectivity index (χ2v) is 6.35. The third-order valence-electron chi connectivity index (χ3n) is 2.95. The second kappa shape index (κ2) is 7.18. The molecule has 1 rings (SSSR count). The van der Waals surface area contributed by atoms with Gasteiger partial charge in [-0.25, -0.2) is 17.9 Å². The normalized spacial score (nSPS) is 12.6. The van der Waals surface area contributed by atoms with Crippen molar-refractivity contribution >= 4 is 27.4 Å². The minimum absolute atomic E-state index is 0.0408.